The highest BCUT2D eigenvalue weighted by Crippen LogP contribution is 2.53. The summed E-state index contributed by atoms with van der Waals surface area (Å²) in [7, 11) is 1.73. The highest BCUT2D eigenvalue weighted by Gasteiger charge is 2.41. The molecule has 1 N–H and O–H groups in total. The number of fused-ring (bicyclic) bond motifs is 2. The van der Waals surface area contributed by atoms with Crippen molar-refractivity contribution in [2.24, 2.45) is 0 Å². The lowest BCUT2D eigenvalue weighted by atomic mass is 9.83. The van der Waals surface area contributed by atoms with Gasteiger partial charge in [-0.05, 0) is 26.3 Å². The maximum absolute atomic E-state index is 6.00. The molecule has 1 atom stereocenters. The van der Waals surface area contributed by atoms with Crippen LogP contribution in [0.25, 0.3) is 0 Å². The van der Waals surface area contributed by atoms with E-state index in [1.54, 1.807) is 7.11 Å². The van der Waals surface area contributed by atoms with Crippen LogP contribution in [0.1, 0.15) is 36.5 Å². The molecule has 3 heterocycles. The Hall–Kier alpha value is -1.42. The molecular weight excluding hydrogens is 254 g/mol. The van der Waals surface area contributed by atoms with Crippen molar-refractivity contribution in [3.8, 4) is 17.2 Å². The van der Waals surface area contributed by atoms with Crippen LogP contribution in [0.15, 0.2) is 0 Å². The van der Waals surface area contributed by atoms with Crippen molar-refractivity contribution in [1.82, 2.24) is 5.32 Å². The van der Waals surface area contributed by atoms with E-state index in [2.05, 4.69) is 12.2 Å². The van der Waals surface area contributed by atoms with Crippen molar-refractivity contribution >= 4 is 0 Å². The zero-order valence-electron chi connectivity index (χ0n) is 12.2. The Morgan fingerprint density at radius 3 is 2.55 bits per heavy atom. The van der Waals surface area contributed by atoms with E-state index in [9.17, 15) is 0 Å². The predicted octanol–water partition coefficient (Wildman–Crippen LogP) is 2.16. The fourth-order valence-corrected chi connectivity index (χ4v) is 3.97. The Balaban J connectivity index is 1.99. The number of benzene rings is 1. The van der Waals surface area contributed by atoms with Crippen molar-refractivity contribution in [1.29, 1.82) is 0 Å². The molecule has 0 bridgehead atoms. The van der Waals surface area contributed by atoms with E-state index in [0.29, 0.717) is 0 Å². The van der Waals surface area contributed by atoms with Crippen molar-refractivity contribution in [3.05, 3.63) is 16.7 Å². The number of nitrogens with one attached hydrogen (secondary N) is 1. The molecule has 4 heteroatoms. The largest absolute Gasteiger partial charge is 0.492 e. The zero-order chi connectivity index (χ0) is 13.7. The molecule has 0 aromatic heterocycles. The summed E-state index contributed by atoms with van der Waals surface area (Å²) in [6, 6.07) is 0. The summed E-state index contributed by atoms with van der Waals surface area (Å²) in [4.78, 5) is 0. The van der Waals surface area contributed by atoms with Crippen molar-refractivity contribution in [2.75, 3.05) is 26.9 Å². The summed E-state index contributed by atoms with van der Waals surface area (Å²) in [5.41, 5.74) is 3.83. The minimum absolute atomic E-state index is 0.0124. The quantitative estimate of drug-likeness (QED) is 0.898. The fraction of sp³-hybridized carbons (Fsp3) is 0.625. The summed E-state index contributed by atoms with van der Waals surface area (Å²) in [6.07, 6.45) is 4.24. The molecular formula is C16H21NO3. The standard InChI is InChI=1S/C16H21NO3/c1-16(6-3-7-17-16)12-10-4-8-20-15(10)14(18-2)11-5-9-19-13(11)12/h17H,3-9H2,1-2H3. The molecule has 4 nitrogen and oxygen atoms in total. The molecule has 0 spiro atoms. The van der Waals surface area contributed by atoms with E-state index in [1.165, 1.54) is 23.1 Å². The van der Waals surface area contributed by atoms with E-state index >= 15 is 0 Å². The van der Waals surface area contributed by atoms with Gasteiger partial charge in [0.2, 0.25) is 0 Å². The van der Waals surface area contributed by atoms with Crippen LogP contribution in [-0.4, -0.2) is 26.9 Å². The van der Waals surface area contributed by atoms with Gasteiger partial charge in [0, 0.05) is 35.1 Å². The van der Waals surface area contributed by atoms with Gasteiger partial charge in [-0.3, -0.25) is 0 Å². The van der Waals surface area contributed by atoms with Gasteiger partial charge in [-0.15, -0.1) is 0 Å². The van der Waals surface area contributed by atoms with Crippen LogP contribution < -0.4 is 19.5 Å². The minimum Gasteiger partial charge on any atom is -0.492 e. The monoisotopic (exact) mass is 275 g/mol. The first kappa shape index (κ1) is 12.3. The highest BCUT2D eigenvalue weighted by atomic mass is 16.5. The second-order valence-electron chi connectivity index (χ2n) is 6.08. The van der Waals surface area contributed by atoms with Crippen LogP contribution in [0, 0.1) is 0 Å². The Morgan fingerprint density at radius 1 is 1.10 bits per heavy atom. The summed E-state index contributed by atoms with van der Waals surface area (Å²) in [6.45, 7) is 4.87. The molecule has 0 radical (unpaired) electrons. The molecule has 0 saturated carbocycles. The Kier molecular flexibility index (Phi) is 2.64. The average Bonchev–Trinajstić information content (AvgIpc) is 3.15. The lowest BCUT2D eigenvalue weighted by molar-refractivity contribution is 0.323. The second-order valence-corrected chi connectivity index (χ2v) is 6.08. The van der Waals surface area contributed by atoms with Crippen LogP contribution in [0.3, 0.4) is 0 Å². The fourth-order valence-electron chi connectivity index (χ4n) is 3.97. The van der Waals surface area contributed by atoms with Gasteiger partial charge in [0.15, 0.2) is 11.5 Å². The van der Waals surface area contributed by atoms with Gasteiger partial charge in [0.05, 0.1) is 20.3 Å². The smallest absolute Gasteiger partial charge is 0.168 e. The highest BCUT2D eigenvalue weighted by molar-refractivity contribution is 5.67. The molecule has 4 rings (SSSR count). The number of hydrogen-bond acceptors (Lipinski definition) is 4. The van der Waals surface area contributed by atoms with E-state index in [4.69, 9.17) is 14.2 Å². The summed E-state index contributed by atoms with van der Waals surface area (Å²) in [5.74, 6) is 2.92. The lowest BCUT2D eigenvalue weighted by Gasteiger charge is -2.29. The summed E-state index contributed by atoms with van der Waals surface area (Å²) >= 11 is 0. The molecule has 0 aliphatic carbocycles. The van der Waals surface area contributed by atoms with E-state index in [1.807, 2.05) is 0 Å². The average molecular weight is 275 g/mol. The van der Waals surface area contributed by atoms with E-state index in [0.717, 1.165) is 56.3 Å². The third-order valence-electron chi connectivity index (χ3n) is 4.88. The first-order valence-electron chi connectivity index (χ1n) is 7.51. The molecule has 0 amide bonds. The minimum atomic E-state index is 0.0124. The second kappa shape index (κ2) is 4.29. The SMILES string of the molecule is COc1c2c(c(C3(C)CCCN3)c3c1OCC3)OCC2. The van der Waals surface area contributed by atoms with Gasteiger partial charge in [-0.2, -0.15) is 0 Å². The third-order valence-corrected chi connectivity index (χ3v) is 4.88. The van der Waals surface area contributed by atoms with Crippen LogP contribution in [0.2, 0.25) is 0 Å². The van der Waals surface area contributed by atoms with Crippen molar-refractivity contribution in [3.63, 3.8) is 0 Å². The molecule has 1 fully saturated rings. The number of methoxy groups -OCH3 is 1. The third kappa shape index (κ3) is 1.51. The molecule has 20 heavy (non-hydrogen) atoms. The molecule has 108 valence electrons. The number of ether oxygens (including phenoxy) is 3. The van der Waals surface area contributed by atoms with Crippen LogP contribution in [0.5, 0.6) is 17.2 Å². The number of hydrogen-bond donors (Lipinski definition) is 1. The van der Waals surface area contributed by atoms with Gasteiger partial charge in [-0.1, -0.05) is 0 Å². The van der Waals surface area contributed by atoms with Gasteiger partial charge in [0.25, 0.3) is 0 Å². The lowest BCUT2D eigenvalue weighted by Crippen LogP contribution is -2.34. The van der Waals surface area contributed by atoms with Crippen LogP contribution in [-0.2, 0) is 18.4 Å². The summed E-state index contributed by atoms with van der Waals surface area (Å²) < 4.78 is 17.5. The zero-order valence-corrected chi connectivity index (χ0v) is 12.2. The Morgan fingerprint density at radius 2 is 1.85 bits per heavy atom. The molecule has 1 unspecified atom stereocenters. The Labute approximate surface area is 119 Å². The Bertz CT molecular complexity index is 526. The van der Waals surface area contributed by atoms with Gasteiger partial charge in [-0.25, -0.2) is 0 Å². The number of rotatable bonds is 2. The van der Waals surface area contributed by atoms with Crippen LogP contribution >= 0.6 is 0 Å². The maximum atomic E-state index is 6.00. The molecule has 1 aromatic carbocycles. The summed E-state index contributed by atoms with van der Waals surface area (Å²) in [5, 5.41) is 3.67. The molecule has 3 aliphatic rings. The van der Waals surface area contributed by atoms with Gasteiger partial charge in [0.1, 0.15) is 5.75 Å². The topological polar surface area (TPSA) is 39.7 Å². The van der Waals surface area contributed by atoms with E-state index < -0.39 is 0 Å². The molecule has 3 aliphatic heterocycles. The normalized spacial score (nSPS) is 26.9. The molecule has 1 saturated heterocycles. The first-order chi connectivity index (χ1) is 9.74. The van der Waals surface area contributed by atoms with Crippen molar-refractivity contribution in [2.45, 2.75) is 38.1 Å². The maximum Gasteiger partial charge on any atom is 0.168 e. The van der Waals surface area contributed by atoms with Crippen LogP contribution in [0.4, 0.5) is 0 Å². The van der Waals surface area contributed by atoms with Crippen molar-refractivity contribution < 1.29 is 14.2 Å². The first-order valence-corrected chi connectivity index (χ1v) is 7.51. The van der Waals surface area contributed by atoms with Gasteiger partial charge < -0.3 is 19.5 Å². The van der Waals surface area contributed by atoms with E-state index in [-0.39, 0.29) is 5.54 Å². The van der Waals surface area contributed by atoms with Gasteiger partial charge >= 0.3 is 0 Å². The molecule has 1 aromatic rings. The predicted molar refractivity (Wildman–Crippen MR) is 76.0 cm³/mol.